The molecule has 3 rings (SSSR count). The summed E-state index contributed by atoms with van der Waals surface area (Å²) >= 11 is 15.3. The van der Waals surface area contributed by atoms with Crippen LogP contribution in [0.3, 0.4) is 0 Å². The van der Waals surface area contributed by atoms with Crippen LogP contribution in [0, 0.1) is 0 Å². The summed E-state index contributed by atoms with van der Waals surface area (Å²) in [4.78, 5) is 0. The van der Waals surface area contributed by atoms with E-state index in [1.54, 1.807) is 23.9 Å². The first-order valence-electron chi connectivity index (χ1n) is 6.18. The van der Waals surface area contributed by atoms with E-state index in [4.69, 9.17) is 23.2 Å². The fourth-order valence-corrected chi connectivity index (χ4v) is 4.16. The van der Waals surface area contributed by atoms with Crippen LogP contribution in [-0.2, 0) is 5.75 Å². The van der Waals surface area contributed by atoms with E-state index in [0.717, 1.165) is 20.7 Å². The first-order chi connectivity index (χ1) is 10.2. The van der Waals surface area contributed by atoms with Crippen LogP contribution in [0.2, 0.25) is 10.0 Å². The van der Waals surface area contributed by atoms with Gasteiger partial charge in [0.15, 0.2) is 4.34 Å². The van der Waals surface area contributed by atoms with Crippen molar-refractivity contribution in [1.29, 1.82) is 0 Å². The predicted molar refractivity (Wildman–Crippen MR) is 91.4 cm³/mol. The Hall–Kier alpha value is -1.07. The maximum absolute atomic E-state index is 6.19. The summed E-state index contributed by atoms with van der Waals surface area (Å²) < 4.78 is 0.930. The molecule has 0 amide bonds. The lowest BCUT2D eigenvalue weighted by molar-refractivity contribution is 1.01. The molecule has 0 aliphatic carbocycles. The first kappa shape index (κ1) is 14.9. The van der Waals surface area contributed by atoms with Crippen LogP contribution in [0.4, 0.5) is 0 Å². The van der Waals surface area contributed by atoms with Crippen molar-refractivity contribution in [3.05, 3.63) is 64.1 Å². The van der Waals surface area contributed by atoms with Gasteiger partial charge in [0.25, 0.3) is 0 Å². The molecule has 21 heavy (non-hydrogen) atoms. The van der Waals surface area contributed by atoms with Crippen LogP contribution in [0.15, 0.2) is 52.9 Å². The molecule has 1 heterocycles. The van der Waals surface area contributed by atoms with Crippen molar-refractivity contribution in [2.75, 3.05) is 0 Å². The standard InChI is InChI=1S/C15H10Cl2N2S2/c16-11-6-7-12(13(17)8-11)14-18-19-15(21-14)20-9-10-4-2-1-3-5-10/h1-8H,9H2. The molecule has 0 fully saturated rings. The topological polar surface area (TPSA) is 25.8 Å². The summed E-state index contributed by atoms with van der Waals surface area (Å²) in [5, 5.41) is 10.4. The smallest absolute Gasteiger partial charge is 0.137 e. The molecule has 0 atom stereocenters. The summed E-state index contributed by atoms with van der Waals surface area (Å²) in [7, 11) is 0. The summed E-state index contributed by atoms with van der Waals surface area (Å²) in [5.74, 6) is 0.879. The largest absolute Gasteiger partial charge is 0.174 e. The van der Waals surface area contributed by atoms with Crippen LogP contribution in [0.25, 0.3) is 10.6 Å². The number of thioether (sulfide) groups is 1. The van der Waals surface area contributed by atoms with Gasteiger partial charge in [-0.3, -0.25) is 0 Å². The van der Waals surface area contributed by atoms with Crippen molar-refractivity contribution >= 4 is 46.3 Å². The van der Waals surface area contributed by atoms with Crippen LogP contribution in [0.5, 0.6) is 0 Å². The molecule has 2 nitrogen and oxygen atoms in total. The third-order valence-corrected chi connectivity index (χ3v) is 5.48. The summed E-state index contributed by atoms with van der Waals surface area (Å²) in [6, 6.07) is 15.7. The number of halogens is 2. The Balaban J connectivity index is 1.74. The fourth-order valence-electron chi connectivity index (χ4n) is 1.76. The highest BCUT2D eigenvalue weighted by molar-refractivity contribution is 8.00. The summed E-state index contributed by atoms with van der Waals surface area (Å²) in [6.45, 7) is 0. The van der Waals surface area contributed by atoms with Gasteiger partial charge in [-0.25, -0.2) is 0 Å². The molecule has 6 heteroatoms. The number of aromatic nitrogens is 2. The zero-order valence-corrected chi connectivity index (χ0v) is 13.9. The van der Waals surface area contributed by atoms with Gasteiger partial charge in [-0.1, -0.05) is 76.6 Å². The van der Waals surface area contributed by atoms with E-state index in [2.05, 4.69) is 22.3 Å². The van der Waals surface area contributed by atoms with Crippen molar-refractivity contribution in [2.24, 2.45) is 0 Å². The molecule has 0 bridgehead atoms. The average Bonchev–Trinajstić information content (AvgIpc) is 2.95. The molecule has 1 aromatic heterocycles. The van der Waals surface area contributed by atoms with Gasteiger partial charge in [0.1, 0.15) is 5.01 Å². The highest BCUT2D eigenvalue weighted by atomic mass is 35.5. The Morgan fingerprint density at radius 2 is 1.81 bits per heavy atom. The second-order valence-electron chi connectivity index (χ2n) is 4.27. The third kappa shape index (κ3) is 3.77. The molecule has 3 aromatic rings. The van der Waals surface area contributed by atoms with Crippen molar-refractivity contribution in [2.45, 2.75) is 10.1 Å². The number of hydrogen-bond donors (Lipinski definition) is 0. The lowest BCUT2D eigenvalue weighted by Gasteiger charge is -1.99. The van der Waals surface area contributed by atoms with Gasteiger partial charge < -0.3 is 0 Å². The first-order valence-corrected chi connectivity index (χ1v) is 8.74. The van der Waals surface area contributed by atoms with Crippen molar-refractivity contribution < 1.29 is 0 Å². The van der Waals surface area contributed by atoms with Crippen LogP contribution in [0.1, 0.15) is 5.56 Å². The van der Waals surface area contributed by atoms with E-state index >= 15 is 0 Å². The molecule has 0 unspecified atom stereocenters. The molecule has 0 aliphatic heterocycles. The van der Waals surface area contributed by atoms with E-state index in [1.165, 1.54) is 16.9 Å². The molecule has 0 radical (unpaired) electrons. The highest BCUT2D eigenvalue weighted by Gasteiger charge is 2.11. The summed E-state index contributed by atoms with van der Waals surface area (Å²) in [6.07, 6.45) is 0. The third-order valence-electron chi connectivity index (χ3n) is 2.77. The maximum atomic E-state index is 6.19. The molecule has 0 aliphatic rings. The van der Waals surface area contributed by atoms with Gasteiger partial charge in [0.2, 0.25) is 0 Å². The molecule has 0 saturated carbocycles. The van der Waals surface area contributed by atoms with Crippen molar-refractivity contribution in [3.63, 3.8) is 0 Å². The maximum Gasteiger partial charge on any atom is 0.174 e. The van der Waals surface area contributed by atoms with E-state index < -0.39 is 0 Å². The van der Waals surface area contributed by atoms with Crippen LogP contribution < -0.4 is 0 Å². The van der Waals surface area contributed by atoms with Crippen LogP contribution >= 0.6 is 46.3 Å². The van der Waals surface area contributed by atoms with E-state index in [9.17, 15) is 0 Å². The Morgan fingerprint density at radius 3 is 2.57 bits per heavy atom. The number of hydrogen-bond acceptors (Lipinski definition) is 4. The molecular weight excluding hydrogens is 343 g/mol. The SMILES string of the molecule is Clc1ccc(-c2nnc(SCc3ccccc3)s2)c(Cl)c1. The van der Waals surface area contributed by atoms with Crippen LogP contribution in [-0.4, -0.2) is 10.2 Å². The minimum absolute atomic E-state index is 0.596. The van der Waals surface area contributed by atoms with E-state index in [0.29, 0.717) is 10.0 Å². The molecule has 2 aromatic carbocycles. The lowest BCUT2D eigenvalue weighted by atomic mass is 10.2. The molecule has 0 saturated heterocycles. The molecule has 0 spiro atoms. The van der Waals surface area contributed by atoms with Gasteiger partial charge in [-0.2, -0.15) is 0 Å². The molecule has 0 N–H and O–H groups in total. The Kier molecular flexibility index (Phi) is 4.80. The average molecular weight is 353 g/mol. The van der Waals surface area contributed by atoms with Gasteiger partial charge in [-0.05, 0) is 23.8 Å². The number of rotatable bonds is 4. The Morgan fingerprint density at radius 1 is 1.00 bits per heavy atom. The second kappa shape index (κ2) is 6.79. The highest BCUT2D eigenvalue weighted by Crippen LogP contribution is 2.35. The van der Waals surface area contributed by atoms with Gasteiger partial charge >= 0.3 is 0 Å². The number of nitrogens with zero attached hydrogens (tertiary/aromatic N) is 2. The Bertz CT molecular complexity index is 744. The molecule has 106 valence electrons. The van der Waals surface area contributed by atoms with E-state index in [1.807, 2.05) is 24.3 Å². The monoisotopic (exact) mass is 352 g/mol. The molecular formula is C15H10Cl2N2S2. The van der Waals surface area contributed by atoms with Crippen molar-refractivity contribution in [3.8, 4) is 10.6 Å². The van der Waals surface area contributed by atoms with Crippen molar-refractivity contribution in [1.82, 2.24) is 10.2 Å². The van der Waals surface area contributed by atoms with Gasteiger partial charge in [0.05, 0.1) is 5.02 Å². The lowest BCUT2D eigenvalue weighted by Crippen LogP contribution is -1.79. The fraction of sp³-hybridized carbons (Fsp3) is 0.0667. The normalized spacial score (nSPS) is 10.8. The second-order valence-corrected chi connectivity index (χ2v) is 7.32. The van der Waals surface area contributed by atoms with Gasteiger partial charge in [-0.15, -0.1) is 10.2 Å². The van der Waals surface area contributed by atoms with E-state index in [-0.39, 0.29) is 0 Å². The minimum Gasteiger partial charge on any atom is -0.137 e. The predicted octanol–water partition coefficient (Wildman–Crippen LogP) is 5.80. The quantitative estimate of drug-likeness (QED) is 0.554. The zero-order valence-electron chi connectivity index (χ0n) is 10.8. The Labute approximate surface area is 141 Å². The summed E-state index contributed by atoms with van der Waals surface area (Å²) in [5.41, 5.74) is 2.13. The van der Waals surface area contributed by atoms with Gasteiger partial charge in [0, 0.05) is 16.3 Å². The number of benzene rings is 2. The minimum atomic E-state index is 0.596. The zero-order chi connectivity index (χ0) is 14.7.